The maximum Gasteiger partial charge on any atom is 0.232 e. The number of rotatable bonds is 5. The first-order valence-electron chi connectivity index (χ1n) is 5.28. The van der Waals surface area contributed by atoms with Gasteiger partial charge < -0.3 is 5.32 Å². The largest absolute Gasteiger partial charge is 0.355 e. The molecular formula is C11H15BrN2O3S. The minimum Gasteiger partial charge on any atom is -0.355 e. The smallest absolute Gasteiger partial charge is 0.232 e. The number of benzene rings is 1. The third-order valence-corrected chi connectivity index (χ3v) is 3.93. The van der Waals surface area contributed by atoms with Crippen LogP contribution in [0, 0.1) is 0 Å². The molecule has 0 aliphatic carbocycles. The van der Waals surface area contributed by atoms with E-state index in [4.69, 9.17) is 0 Å². The van der Waals surface area contributed by atoms with Crippen molar-refractivity contribution in [1.82, 2.24) is 5.32 Å². The zero-order valence-electron chi connectivity index (χ0n) is 10.2. The average Bonchev–Trinajstić information content (AvgIpc) is 2.24. The van der Waals surface area contributed by atoms with Crippen LogP contribution in [-0.2, 0) is 14.8 Å². The molecule has 1 N–H and O–H groups in total. The van der Waals surface area contributed by atoms with Crippen LogP contribution in [0.15, 0.2) is 28.7 Å². The highest BCUT2D eigenvalue weighted by molar-refractivity contribution is 9.10. The SMILES string of the molecule is CC(=O)NCCN(c1ccc(Br)cc1)S(C)(=O)=O. The summed E-state index contributed by atoms with van der Waals surface area (Å²) in [6.07, 6.45) is 1.14. The van der Waals surface area contributed by atoms with Gasteiger partial charge in [-0.3, -0.25) is 9.10 Å². The van der Waals surface area contributed by atoms with Crippen LogP contribution in [0.2, 0.25) is 0 Å². The van der Waals surface area contributed by atoms with E-state index in [1.807, 2.05) is 0 Å². The third-order valence-electron chi connectivity index (χ3n) is 2.20. The second-order valence-electron chi connectivity index (χ2n) is 3.79. The Bertz CT molecular complexity index is 514. The number of hydrogen-bond acceptors (Lipinski definition) is 3. The Morgan fingerprint density at radius 1 is 1.33 bits per heavy atom. The summed E-state index contributed by atoms with van der Waals surface area (Å²) in [6.45, 7) is 1.88. The van der Waals surface area contributed by atoms with Crippen LogP contribution in [0.25, 0.3) is 0 Å². The van der Waals surface area contributed by atoms with Crippen LogP contribution in [0.4, 0.5) is 5.69 Å². The van der Waals surface area contributed by atoms with Gasteiger partial charge in [-0.1, -0.05) is 15.9 Å². The van der Waals surface area contributed by atoms with E-state index in [-0.39, 0.29) is 19.0 Å². The van der Waals surface area contributed by atoms with Crippen molar-refractivity contribution < 1.29 is 13.2 Å². The van der Waals surface area contributed by atoms with Gasteiger partial charge in [0.1, 0.15) is 0 Å². The number of carbonyl (C=O) groups is 1. The number of carbonyl (C=O) groups excluding carboxylic acids is 1. The fraction of sp³-hybridized carbons (Fsp3) is 0.364. The number of hydrogen-bond donors (Lipinski definition) is 1. The second-order valence-corrected chi connectivity index (χ2v) is 6.62. The van der Waals surface area contributed by atoms with Crippen LogP contribution >= 0.6 is 15.9 Å². The predicted octanol–water partition coefficient (Wildman–Crippen LogP) is 1.35. The van der Waals surface area contributed by atoms with E-state index < -0.39 is 10.0 Å². The first-order chi connectivity index (χ1) is 8.30. The fourth-order valence-electron chi connectivity index (χ4n) is 1.43. The van der Waals surface area contributed by atoms with E-state index in [9.17, 15) is 13.2 Å². The van der Waals surface area contributed by atoms with Gasteiger partial charge in [-0.15, -0.1) is 0 Å². The standard InChI is InChI=1S/C11H15BrN2O3S/c1-9(15)13-7-8-14(18(2,16)17)11-5-3-10(12)4-6-11/h3-6H,7-8H2,1-2H3,(H,13,15). The molecule has 1 rings (SSSR count). The number of halogens is 1. The molecule has 0 aromatic heterocycles. The molecule has 0 unspecified atom stereocenters. The summed E-state index contributed by atoms with van der Waals surface area (Å²) in [6, 6.07) is 6.95. The average molecular weight is 335 g/mol. The van der Waals surface area contributed by atoms with Crippen molar-refractivity contribution in [3.8, 4) is 0 Å². The lowest BCUT2D eigenvalue weighted by molar-refractivity contribution is -0.118. The van der Waals surface area contributed by atoms with E-state index >= 15 is 0 Å². The summed E-state index contributed by atoms with van der Waals surface area (Å²) in [4.78, 5) is 10.8. The molecule has 0 fully saturated rings. The summed E-state index contributed by atoms with van der Waals surface area (Å²) in [5.74, 6) is -0.181. The van der Waals surface area contributed by atoms with Crippen LogP contribution in [0.1, 0.15) is 6.92 Å². The van der Waals surface area contributed by atoms with Crippen molar-refractivity contribution in [2.24, 2.45) is 0 Å². The zero-order valence-corrected chi connectivity index (χ0v) is 12.6. The number of nitrogens with zero attached hydrogens (tertiary/aromatic N) is 1. The topological polar surface area (TPSA) is 66.5 Å². The van der Waals surface area contributed by atoms with Gasteiger partial charge in [-0.05, 0) is 24.3 Å². The molecule has 0 heterocycles. The Labute approximate surface area is 115 Å². The lowest BCUT2D eigenvalue weighted by Crippen LogP contribution is -2.37. The Morgan fingerprint density at radius 2 is 1.89 bits per heavy atom. The second kappa shape index (κ2) is 6.19. The molecule has 100 valence electrons. The van der Waals surface area contributed by atoms with Crippen LogP contribution in [-0.4, -0.2) is 33.7 Å². The normalized spacial score (nSPS) is 11.1. The number of nitrogens with one attached hydrogen (secondary N) is 1. The molecule has 7 heteroatoms. The van der Waals surface area contributed by atoms with Crippen molar-refractivity contribution in [2.75, 3.05) is 23.7 Å². The van der Waals surface area contributed by atoms with Gasteiger partial charge in [0.25, 0.3) is 0 Å². The van der Waals surface area contributed by atoms with E-state index in [2.05, 4.69) is 21.2 Å². The van der Waals surface area contributed by atoms with E-state index in [0.717, 1.165) is 10.7 Å². The predicted molar refractivity (Wildman–Crippen MR) is 75.0 cm³/mol. The summed E-state index contributed by atoms with van der Waals surface area (Å²) in [5.41, 5.74) is 0.575. The molecule has 0 spiro atoms. The Balaban J connectivity index is 2.86. The molecular weight excluding hydrogens is 320 g/mol. The monoisotopic (exact) mass is 334 g/mol. The highest BCUT2D eigenvalue weighted by Crippen LogP contribution is 2.20. The molecule has 0 saturated carbocycles. The van der Waals surface area contributed by atoms with Gasteiger partial charge in [0.15, 0.2) is 0 Å². The maximum atomic E-state index is 11.7. The van der Waals surface area contributed by atoms with E-state index in [1.54, 1.807) is 24.3 Å². The third kappa shape index (κ3) is 4.66. The van der Waals surface area contributed by atoms with Crippen molar-refractivity contribution >= 4 is 37.5 Å². The molecule has 0 bridgehead atoms. The molecule has 1 amide bonds. The summed E-state index contributed by atoms with van der Waals surface area (Å²) < 4.78 is 25.5. The molecule has 0 radical (unpaired) electrons. The van der Waals surface area contributed by atoms with Crippen molar-refractivity contribution in [2.45, 2.75) is 6.92 Å². The number of sulfonamides is 1. The van der Waals surface area contributed by atoms with E-state index in [0.29, 0.717) is 5.69 Å². The minimum absolute atomic E-state index is 0.181. The lowest BCUT2D eigenvalue weighted by Gasteiger charge is -2.22. The van der Waals surface area contributed by atoms with E-state index in [1.165, 1.54) is 11.2 Å². The van der Waals surface area contributed by atoms with Crippen LogP contribution in [0.3, 0.4) is 0 Å². The quantitative estimate of drug-likeness (QED) is 0.883. The molecule has 0 aliphatic rings. The van der Waals surface area contributed by atoms with Crippen molar-refractivity contribution in [1.29, 1.82) is 0 Å². The van der Waals surface area contributed by atoms with Gasteiger partial charge in [-0.25, -0.2) is 8.42 Å². The Hall–Kier alpha value is -1.08. The van der Waals surface area contributed by atoms with Gasteiger partial charge in [-0.2, -0.15) is 0 Å². The van der Waals surface area contributed by atoms with Gasteiger partial charge >= 0.3 is 0 Å². The minimum atomic E-state index is -3.36. The highest BCUT2D eigenvalue weighted by Gasteiger charge is 2.16. The maximum absolute atomic E-state index is 11.7. The van der Waals surface area contributed by atoms with Crippen molar-refractivity contribution in [3.63, 3.8) is 0 Å². The number of anilines is 1. The first kappa shape index (κ1) is 15.0. The molecule has 0 saturated heterocycles. The summed E-state index contributed by atoms with van der Waals surface area (Å²) in [5, 5.41) is 2.57. The molecule has 18 heavy (non-hydrogen) atoms. The molecule has 5 nitrogen and oxygen atoms in total. The summed E-state index contributed by atoms with van der Waals surface area (Å²) >= 11 is 3.29. The molecule has 0 atom stereocenters. The van der Waals surface area contributed by atoms with Crippen LogP contribution in [0.5, 0.6) is 0 Å². The molecule has 1 aromatic carbocycles. The Morgan fingerprint density at radius 3 is 2.33 bits per heavy atom. The zero-order chi connectivity index (χ0) is 13.8. The fourth-order valence-corrected chi connectivity index (χ4v) is 2.62. The van der Waals surface area contributed by atoms with Gasteiger partial charge in [0, 0.05) is 17.9 Å². The highest BCUT2D eigenvalue weighted by atomic mass is 79.9. The van der Waals surface area contributed by atoms with Gasteiger partial charge in [0.05, 0.1) is 18.5 Å². The molecule has 0 aliphatic heterocycles. The lowest BCUT2D eigenvalue weighted by atomic mass is 10.3. The first-order valence-corrected chi connectivity index (χ1v) is 7.92. The van der Waals surface area contributed by atoms with Crippen LogP contribution < -0.4 is 9.62 Å². The van der Waals surface area contributed by atoms with Gasteiger partial charge in [0.2, 0.25) is 15.9 Å². The molecule has 1 aromatic rings. The van der Waals surface area contributed by atoms with Crippen molar-refractivity contribution in [3.05, 3.63) is 28.7 Å². The Kier molecular flexibility index (Phi) is 5.15. The number of amides is 1. The summed E-state index contributed by atoms with van der Waals surface area (Å²) in [7, 11) is -3.36.